The van der Waals surface area contributed by atoms with Crippen molar-refractivity contribution in [2.24, 2.45) is 7.05 Å². The van der Waals surface area contributed by atoms with Gasteiger partial charge in [-0.2, -0.15) is 5.10 Å². The third-order valence-electron chi connectivity index (χ3n) is 3.67. The van der Waals surface area contributed by atoms with Gasteiger partial charge in [0.25, 0.3) is 0 Å². The van der Waals surface area contributed by atoms with Crippen LogP contribution in [0.2, 0.25) is 0 Å². The highest BCUT2D eigenvalue weighted by Gasteiger charge is 2.21. The number of carbonyl (C=O) groups is 1. The van der Waals surface area contributed by atoms with Crippen LogP contribution in [0.1, 0.15) is 24.1 Å². The number of thioether (sulfide) groups is 1. The summed E-state index contributed by atoms with van der Waals surface area (Å²) >= 11 is 1.71. The summed E-state index contributed by atoms with van der Waals surface area (Å²) in [6.07, 6.45) is 3.71. The van der Waals surface area contributed by atoms with E-state index in [2.05, 4.69) is 22.5 Å². The summed E-state index contributed by atoms with van der Waals surface area (Å²) in [7, 11) is 1.90. The largest absolute Gasteiger partial charge is 0.311 e. The van der Waals surface area contributed by atoms with Crippen molar-refractivity contribution in [3.05, 3.63) is 41.6 Å². The summed E-state index contributed by atoms with van der Waals surface area (Å²) in [5, 5.41) is 7.49. The van der Waals surface area contributed by atoms with Crippen LogP contribution in [-0.2, 0) is 24.7 Å². The molecule has 0 aliphatic heterocycles. The van der Waals surface area contributed by atoms with Crippen molar-refractivity contribution in [2.45, 2.75) is 30.6 Å². The number of rotatable bonds is 5. The maximum Gasteiger partial charge on any atom is 0.226 e. The number of fused-ring (bicyclic) bond motifs is 1. The first-order chi connectivity index (χ1) is 10.2. The highest BCUT2D eigenvalue weighted by molar-refractivity contribution is 7.99. The highest BCUT2D eigenvalue weighted by Crippen LogP contribution is 2.28. The number of aryl methyl sites for hydroxylation is 2. The van der Waals surface area contributed by atoms with Gasteiger partial charge in [0.15, 0.2) is 0 Å². The first-order valence-corrected chi connectivity index (χ1v) is 8.25. The van der Waals surface area contributed by atoms with Crippen molar-refractivity contribution in [1.82, 2.24) is 9.78 Å². The molecule has 5 heteroatoms. The molecule has 0 saturated carbocycles. The molecule has 0 fully saturated rings. The maximum atomic E-state index is 12.1. The van der Waals surface area contributed by atoms with Gasteiger partial charge in [0.05, 0.1) is 5.69 Å². The van der Waals surface area contributed by atoms with Gasteiger partial charge in [0.1, 0.15) is 5.82 Å². The zero-order valence-electron chi connectivity index (χ0n) is 12.1. The van der Waals surface area contributed by atoms with Gasteiger partial charge >= 0.3 is 0 Å². The molecule has 2 aromatic rings. The first kappa shape index (κ1) is 14.2. The van der Waals surface area contributed by atoms with Crippen LogP contribution in [0.5, 0.6) is 0 Å². The van der Waals surface area contributed by atoms with E-state index >= 15 is 0 Å². The quantitative estimate of drug-likeness (QED) is 0.864. The van der Waals surface area contributed by atoms with E-state index in [0.717, 1.165) is 36.5 Å². The van der Waals surface area contributed by atoms with Crippen molar-refractivity contribution < 1.29 is 4.79 Å². The van der Waals surface area contributed by atoms with E-state index < -0.39 is 0 Å². The SMILES string of the molecule is Cn1nc2c(c1NC(=O)CCSc1ccccc1)CCC2. The normalized spacial score (nSPS) is 13.2. The Labute approximate surface area is 128 Å². The third kappa shape index (κ3) is 3.29. The number of hydrogen-bond acceptors (Lipinski definition) is 3. The molecule has 1 aromatic heterocycles. The van der Waals surface area contributed by atoms with E-state index in [1.807, 2.05) is 25.2 Å². The maximum absolute atomic E-state index is 12.1. The van der Waals surface area contributed by atoms with Gasteiger partial charge in [0, 0.05) is 29.7 Å². The minimum absolute atomic E-state index is 0.0659. The minimum Gasteiger partial charge on any atom is -0.311 e. The van der Waals surface area contributed by atoms with Crippen LogP contribution < -0.4 is 5.32 Å². The second-order valence-electron chi connectivity index (χ2n) is 5.21. The first-order valence-electron chi connectivity index (χ1n) is 7.26. The molecule has 0 atom stereocenters. The number of hydrogen-bond donors (Lipinski definition) is 1. The Kier molecular flexibility index (Phi) is 4.29. The molecule has 110 valence electrons. The lowest BCUT2D eigenvalue weighted by atomic mass is 10.2. The van der Waals surface area contributed by atoms with Crippen molar-refractivity contribution in [3.63, 3.8) is 0 Å². The van der Waals surface area contributed by atoms with Crippen LogP contribution in [0.3, 0.4) is 0 Å². The third-order valence-corrected chi connectivity index (χ3v) is 4.68. The number of nitrogens with one attached hydrogen (secondary N) is 1. The predicted octanol–water partition coefficient (Wildman–Crippen LogP) is 3.03. The summed E-state index contributed by atoms with van der Waals surface area (Å²) in [6, 6.07) is 10.2. The molecule has 0 spiro atoms. The molecule has 4 nitrogen and oxygen atoms in total. The number of amides is 1. The van der Waals surface area contributed by atoms with Gasteiger partial charge in [-0.25, -0.2) is 0 Å². The van der Waals surface area contributed by atoms with Gasteiger partial charge in [-0.15, -0.1) is 11.8 Å². The number of nitrogens with zero attached hydrogens (tertiary/aromatic N) is 2. The van der Waals surface area contributed by atoms with Crippen molar-refractivity contribution in [2.75, 3.05) is 11.1 Å². The molecule has 3 rings (SSSR count). The van der Waals surface area contributed by atoms with E-state index in [1.165, 1.54) is 10.5 Å². The molecular weight excluding hydrogens is 282 g/mol. The smallest absolute Gasteiger partial charge is 0.226 e. The van der Waals surface area contributed by atoms with Crippen LogP contribution in [-0.4, -0.2) is 21.4 Å². The Hall–Kier alpha value is -1.75. The summed E-state index contributed by atoms with van der Waals surface area (Å²) < 4.78 is 1.80. The second kappa shape index (κ2) is 6.35. The molecule has 1 N–H and O–H groups in total. The zero-order chi connectivity index (χ0) is 14.7. The monoisotopic (exact) mass is 301 g/mol. The molecule has 0 saturated heterocycles. The van der Waals surface area contributed by atoms with E-state index in [0.29, 0.717) is 6.42 Å². The molecule has 1 heterocycles. The summed E-state index contributed by atoms with van der Waals surface area (Å²) in [5.41, 5.74) is 2.37. The molecule has 0 unspecified atom stereocenters. The second-order valence-corrected chi connectivity index (χ2v) is 6.38. The van der Waals surface area contributed by atoms with Crippen molar-refractivity contribution in [3.8, 4) is 0 Å². The Bertz CT molecular complexity index is 636. The number of aromatic nitrogens is 2. The van der Waals surface area contributed by atoms with Gasteiger partial charge in [0.2, 0.25) is 5.91 Å². The van der Waals surface area contributed by atoms with Gasteiger partial charge in [-0.3, -0.25) is 9.48 Å². The number of benzene rings is 1. The van der Waals surface area contributed by atoms with Crippen LogP contribution in [0.4, 0.5) is 5.82 Å². The van der Waals surface area contributed by atoms with Gasteiger partial charge in [-0.05, 0) is 31.4 Å². The fourth-order valence-electron chi connectivity index (χ4n) is 2.65. The predicted molar refractivity (Wildman–Crippen MR) is 85.6 cm³/mol. The molecule has 1 aliphatic rings. The summed E-state index contributed by atoms with van der Waals surface area (Å²) in [5.74, 6) is 1.74. The molecular formula is C16H19N3OS. The van der Waals surface area contributed by atoms with Gasteiger partial charge in [-0.1, -0.05) is 18.2 Å². The molecule has 1 amide bonds. The number of carbonyl (C=O) groups excluding carboxylic acids is 1. The standard InChI is InChI=1S/C16H19N3OS/c1-19-16(13-8-5-9-14(13)18-19)17-15(20)10-11-21-12-6-3-2-4-7-12/h2-4,6-7H,5,8-11H2,1H3,(H,17,20). The van der Waals surface area contributed by atoms with Crippen LogP contribution in [0, 0.1) is 0 Å². The fourth-order valence-corrected chi connectivity index (χ4v) is 3.52. The van der Waals surface area contributed by atoms with Gasteiger partial charge < -0.3 is 5.32 Å². The lowest BCUT2D eigenvalue weighted by Gasteiger charge is -2.07. The average molecular weight is 301 g/mol. The van der Waals surface area contributed by atoms with Crippen LogP contribution in [0.25, 0.3) is 0 Å². The minimum atomic E-state index is 0.0659. The Morgan fingerprint density at radius 1 is 1.33 bits per heavy atom. The molecule has 1 aromatic carbocycles. The van der Waals surface area contributed by atoms with Crippen LogP contribution >= 0.6 is 11.8 Å². The van der Waals surface area contributed by atoms with Crippen molar-refractivity contribution in [1.29, 1.82) is 0 Å². The van der Waals surface area contributed by atoms with E-state index in [9.17, 15) is 4.79 Å². The molecule has 0 radical (unpaired) electrons. The molecule has 21 heavy (non-hydrogen) atoms. The average Bonchev–Trinajstić information content (AvgIpc) is 3.03. The highest BCUT2D eigenvalue weighted by atomic mass is 32.2. The molecule has 1 aliphatic carbocycles. The van der Waals surface area contributed by atoms with E-state index in [-0.39, 0.29) is 5.91 Å². The fraction of sp³-hybridized carbons (Fsp3) is 0.375. The Morgan fingerprint density at radius 3 is 2.95 bits per heavy atom. The molecule has 0 bridgehead atoms. The van der Waals surface area contributed by atoms with E-state index in [4.69, 9.17) is 0 Å². The number of anilines is 1. The van der Waals surface area contributed by atoms with Crippen LogP contribution in [0.15, 0.2) is 35.2 Å². The summed E-state index contributed by atoms with van der Waals surface area (Å²) in [4.78, 5) is 13.3. The lowest BCUT2D eigenvalue weighted by molar-refractivity contribution is -0.115. The zero-order valence-corrected chi connectivity index (χ0v) is 12.9. The topological polar surface area (TPSA) is 46.9 Å². The van der Waals surface area contributed by atoms with Crippen molar-refractivity contribution >= 4 is 23.5 Å². The van der Waals surface area contributed by atoms with E-state index in [1.54, 1.807) is 16.4 Å². The lowest BCUT2D eigenvalue weighted by Crippen LogP contribution is -2.16. The Morgan fingerprint density at radius 2 is 2.14 bits per heavy atom. The Balaban J connectivity index is 1.53. The summed E-state index contributed by atoms with van der Waals surface area (Å²) in [6.45, 7) is 0.